The second kappa shape index (κ2) is 6.22. The van der Waals surface area contributed by atoms with E-state index in [9.17, 15) is 9.59 Å². The van der Waals surface area contributed by atoms with Crippen molar-refractivity contribution in [2.75, 3.05) is 5.32 Å². The van der Waals surface area contributed by atoms with Gasteiger partial charge in [0.2, 0.25) is 5.91 Å². The molecule has 118 valence electrons. The number of hydrogen-bond acceptors (Lipinski definition) is 3. The Bertz CT molecular complexity index is 962. The zero-order valence-electron chi connectivity index (χ0n) is 12.1. The molecular weight excluding hydrogens is 384 g/mol. The van der Waals surface area contributed by atoms with E-state index in [0.29, 0.717) is 21.8 Å². The van der Waals surface area contributed by atoms with Gasteiger partial charge in [-0.15, -0.1) is 0 Å². The number of nitrogens with one attached hydrogen (secondary N) is 1. The largest absolute Gasteiger partial charge is 0.420 e. The van der Waals surface area contributed by atoms with E-state index in [-0.39, 0.29) is 12.5 Å². The van der Waals surface area contributed by atoms with E-state index in [1.807, 2.05) is 19.1 Å². The zero-order chi connectivity index (χ0) is 16.6. The molecule has 0 aliphatic rings. The summed E-state index contributed by atoms with van der Waals surface area (Å²) in [5.74, 6) is -0.914. The normalized spacial score (nSPS) is 10.9. The van der Waals surface area contributed by atoms with Crippen molar-refractivity contribution in [1.82, 2.24) is 4.57 Å². The van der Waals surface area contributed by atoms with Gasteiger partial charge in [0.25, 0.3) is 0 Å². The van der Waals surface area contributed by atoms with Gasteiger partial charge in [-0.1, -0.05) is 33.6 Å². The molecule has 0 saturated carbocycles. The molecule has 0 aliphatic heterocycles. The maximum atomic E-state index is 12.2. The molecule has 1 N–H and O–H groups in total. The Hall–Kier alpha value is -2.05. The summed E-state index contributed by atoms with van der Waals surface area (Å²) in [4.78, 5) is 24.1. The van der Waals surface area contributed by atoms with E-state index < -0.39 is 5.76 Å². The van der Waals surface area contributed by atoms with E-state index in [0.717, 1.165) is 10.0 Å². The van der Waals surface area contributed by atoms with Crippen LogP contribution in [0.25, 0.3) is 11.1 Å². The van der Waals surface area contributed by atoms with Crippen molar-refractivity contribution >= 4 is 50.2 Å². The third-order valence-electron chi connectivity index (χ3n) is 3.39. The molecule has 1 amide bonds. The van der Waals surface area contributed by atoms with Crippen LogP contribution in [0.15, 0.2) is 50.1 Å². The molecule has 7 heteroatoms. The minimum atomic E-state index is -0.595. The molecule has 2 aromatic carbocycles. The first kappa shape index (κ1) is 15.8. The number of hydrogen-bond donors (Lipinski definition) is 1. The van der Waals surface area contributed by atoms with Gasteiger partial charge in [-0.2, -0.15) is 0 Å². The molecule has 1 aromatic heterocycles. The molecule has 3 rings (SSSR count). The van der Waals surface area contributed by atoms with Crippen LogP contribution in [0.3, 0.4) is 0 Å². The molecule has 0 unspecified atom stereocenters. The van der Waals surface area contributed by atoms with E-state index in [2.05, 4.69) is 21.2 Å². The molecule has 0 fully saturated rings. The van der Waals surface area contributed by atoms with Crippen LogP contribution in [0.4, 0.5) is 5.69 Å². The van der Waals surface area contributed by atoms with Gasteiger partial charge in [-0.25, -0.2) is 4.79 Å². The van der Waals surface area contributed by atoms with E-state index in [1.165, 1.54) is 4.57 Å². The number of nitrogens with zero attached hydrogens (tertiary/aromatic N) is 1. The van der Waals surface area contributed by atoms with Gasteiger partial charge < -0.3 is 9.73 Å². The fourth-order valence-electron chi connectivity index (χ4n) is 2.20. The van der Waals surface area contributed by atoms with Crippen molar-refractivity contribution < 1.29 is 9.21 Å². The summed E-state index contributed by atoms with van der Waals surface area (Å²) >= 11 is 9.28. The molecule has 0 aliphatic carbocycles. The lowest BCUT2D eigenvalue weighted by molar-refractivity contribution is -0.116. The van der Waals surface area contributed by atoms with Crippen LogP contribution in [0, 0.1) is 6.92 Å². The van der Waals surface area contributed by atoms with Gasteiger partial charge >= 0.3 is 5.76 Å². The summed E-state index contributed by atoms with van der Waals surface area (Å²) in [6, 6.07) is 10.3. The van der Waals surface area contributed by atoms with Crippen LogP contribution in [-0.4, -0.2) is 10.5 Å². The SMILES string of the molecule is Cc1ccc(NC(=O)Cn2c(=O)oc3cc(Cl)ccc32)cc1Br. The second-order valence-electron chi connectivity index (χ2n) is 5.08. The third-order valence-corrected chi connectivity index (χ3v) is 4.48. The molecule has 0 atom stereocenters. The number of aryl methyl sites for hydroxylation is 1. The number of carbonyl (C=O) groups is 1. The van der Waals surface area contributed by atoms with Crippen molar-refractivity contribution in [2.45, 2.75) is 13.5 Å². The number of rotatable bonds is 3. The predicted octanol–water partition coefficient (Wildman–Crippen LogP) is 3.96. The summed E-state index contributed by atoms with van der Waals surface area (Å²) in [5.41, 5.74) is 2.60. The predicted molar refractivity (Wildman–Crippen MR) is 93.0 cm³/mol. The highest BCUT2D eigenvalue weighted by Gasteiger charge is 2.13. The van der Waals surface area contributed by atoms with Crippen molar-refractivity contribution in [1.29, 1.82) is 0 Å². The summed E-state index contributed by atoms with van der Waals surface area (Å²) < 4.78 is 7.27. The third kappa shape index (κ3) is 3.33. The van der Waals surface area contributed by atoms with Crippen LogP contribution in [0.5, 0.6) is 0 Å². The van der Waals surface area contributed by atoms with Gasteiger partial charge in [0.1, 0.15) is 6.54 Å². The standard InChI is InChI=1S/C16H12BrClN2O3/c1-9-2-4-11(7-12(9)17)19-15(21)8-20-13-5-3-10(18)6-14(13)23-16(20)22/h2-7H,8H2,1H3,(H,19,21). The Balaban J connectivity index is 1.84. The lowest BCUT2D eigenvalue weighted by atomic mass is 10.2. The minimum Gasteiger partial charge on any atom is -0.408 e. The molecule has 1 heterocycles. The summed E-state index contributed by atoms with van der Waals surface area (Å²) in [7, 11) is 0. The highest BCUT2D eigenvalue weighted by atomic mass is 79.9. The summed E-state index contributed by atoms with van der Waals surface area (Å²) in [6.45, 7) is 1.82. The van der Waals surface area contributed by atoms with Crippen LogP contribution in [-0.2, 0) is 11.3 Å². The lowest BCUT2D eigenvalue weighted by Crippen LogP contribution is -2.24. The highest BCUT2D eigenvalue weighted by Crippen LogP contribution is 2.21. The van der Waals surface area contributed by atoms with Crippen molar-refractivity contribution in [3.63, 3.8) is 0 Å². The number of benzene rings is 2. The molecule has 23 heavy (non-hydrogen) atoms. The fourth-order valence-corrected chi connectivity index (χ4v) is 2.75. The van der Waals surface area contributed by atoms with Gasteiger partial charge in [-0.3, -0.25) is 9.36 Å². The summed E-state index contributed by atoms with van der Waals surface area (Å²) in [6.07, 6.45) is 0. The van der Waals surface area contributed by atoms with Gasteiger partial charge in [0, 0.05) is 21.2 Å². The van der Waals surface area contributed by atoms with Gasteiger partial charge in [0.15, 0.2) is 5.58 Å². The average molecular weight is 396 g/mol. The Morgan fingerprint density at radius 2 is 2.09 bits per heavy atom. The Kier molecular flexibility index (Phi) is 4.28. The van der Waals surface area contributed by atoms with Crippen LogP contribution in [0.1, 0.15) is 5.56 Å². The van der Waals surface area contributed by atoms with Gasteiger partial charge in [-0.05, 0) is 36.8 Å². The minimum absolute atomic E-state index is 0.140. The first-order valence-corrected chi connectivity index (χ1v) is 7.96. The lowest BCUT2D eigenvalue weighted by Gasteiger charge is -2.07. The molecule has 5 nitrogen and oxygen atoms in total. The number of carbonyl (C=O) groups excluding carboxylic acids is 1. The van der Waals surface area contributed by atoms with Crippen molar-refractivity contribution in [3.05, 3.63) is 62.0 Å². The van der Waals surface area contributed by atoms with Gasteiger partial charge in [0.05, 0.1) is 5.52 Å². The number of anilines is 1. The van der Waals surface area contributed by atoms with Crippen molar-refractivity contribution in [2.24, 2.45) is 0 Å². The quantitative estimate of drug-likeness (QED) is 0.730. The first-order valence-electron chi connectivity index (χ1n) is 6.79. The number of amides is 1. The van der Waals surface area contributed by atoms with Crippen LogP contribution in [0.2, 0.25) is 5.02 Å². The molecule has 0 bridgehead atoms. The van der Waals surface area contributed by atoms with Crippen molar-refractivity contribution in [3.8, 4) is 0 Å². The van der Waals surface area contributed by atoms with E-state index >= 15 is 0 Å². The fraction of sp³-hybridized carbons (Fsp3) is 0.125. The highest BCUT2D eigenvalue weighted by molar-refractivity contribution is 9.10. The molecule has 0 spiro atoms. The number of oxazole rings is 1. The molecule has 3 aromatic rings. The van der Waals surface area contributed by atoms with Crippen LogP contribution >= 0.6 is 27.5 Å². The maximum Gasteiger partial charge on any atom is 0.420 e. The number of halogens is 2. The topological polar surface area (TPSA) is 64.2 Å². The smallest absolute Gasteiger partial charge is 0.408 e. The first-order chi connectivity index (χ1) is 10.9. The maximum absolute atomic E-state index is 12.2. The molecule has 0 radical (unpaired) electrons. The van der Waals surface area contributed by atoms with E-state index in [1.54, 1.807) is 24.3 Å². The Morgan fingerprint density at radius 3 is 2.83 bits per heavy atom. The number of fused-ring (bicyclic) bond motifs is 1. The monoisotopic (exact) mass is 394 g/mol. The Labute approximate surface area is 145 Å². The van der Waals surface area contributed by atoms with Crippen LogP contribution < -0.4 is 11.1 Å². The van der Waals surface area contributed by atoms with E-state index in [4.69, 9.17) is 16.0 Å². The molecular formula is C16H12BrClN2O3. The second-order valence-corrected chi connectivity index (χ2v) is 6.37. The summed E-state index contributed by atoms with van der Waals surface area (Å²) in [5, 5.41) is 3.22. The number of aromatic nitrogens is 1. The Morgan fingerprint density at radius 1 is 1.30 bits per heavy atom. The molecule has 0 saturated heterocycles. The zero-order valence-corrected chi connectivity index (χ0v) is 14.4. The average Bonchev–Trinajstić information content (AvgIpc) is 2.78.